The normalized spacial score (nSPS) is 7.62. The molecule has 0 saturated carbocycles. The number of rotatable bonds is 5. The van der Waals surface area contributed by atoms with Crippen molar-refractivity contribution in [3.63, 3.8) is 0 Å². The van der Waals surface area contributed by atoms with Gasteiger partial charge in [0.25, 0.3) is 0 Å². The number of nitrogens with one attached hydrogen (secondary N) is 1. The quantitative estimate of drug-likeness (QED) is 0.226. The summed E-state index contributed by atoms with van der Waals surface area (Å²) >= 11 is 0. The minimum absolute atomic E-state index is 0.0472. The van der Waals surface area contributed by atoms with Gasteiger partial charge in [-0.3, -0.25) is 5.41 Å². The van der Waals surface area contributed by atoms with Crippen molar-refractivity contribution in [3.05, 3.63) is 16.9 Å². The van der Waals surface area contributed by atoms with Crippen molar-refractivity contribution in [1.29, 1.82) is 21.2 Å². The number of aliphatic hydroxyl groups excluding tert-OH is 1. The molecule has 0 aromatic rings. The molecule has 6 nitrogen and oxygen atoms in total. The van der Waals surface area contributed by atoms with E-state index < -0.39 is 5.57 Å². The van der Waals surface area contributed by atoms with Gasteiger partial charge in [0.15, 0.2) is 16.9 Å². The number of hydrogen-bond donors (Lipinski definition) is 2. The standard InChI is InChI=1S/C10H8N4O2/c11-4-8(5-12)10(9(6-13)7-14)16-3-1-2-15/h11,15H,1-3H2. The molecule has 16 heavy (non-hydrogen) atoms. The Morgan fingerprint density at radius 1 is 1.19 bits per heavy atom. The van der Waals surface area contributed by atoms with E-state index in [1.807, 2.05) is 0 Å². The van der Waals surface area contributed by atoms with E-state index >= 15 is 0 Å². The summed E-state index contributed by atoms with van der Waals surface area (Å²) in [5, 5.41) is 41.2. The molecule has 0 rings (SSSR count). The van der Waals surface area contributed by atoms with Gasteiger partial charge in [-0.15, -0.1) is 0 Å². The lowest BCUT2D eigenvalue weighted by atomic mass is 10.1. The Morgan fingerprint density at radius 3 is 2.19 bits per heavy atom. The third kappa shape index (κ3) is 3.65. The van der Waals surface area contributed by atoms with Crippen LogP contribution < -0.4 is 0 Å². The molecule has 0 bridgehead atoms. The van der Waals surface area contributed by atoms with Crippen molar-refractivity contribution in [2.24, 2.45) is 0 Å². The topological polar surface area (TPSA) is 125 Å². The first-order chi connectivity index (χ1) is 7.74. The lowest BCUT2D eigenvalue weighted by Crippen LogP contribution is -2.02. The Balaban J connectivity index is 5.19. The molecule has 80 valence electrons. The predicted octanol–water partition coefficient (Wildman–Crippen LogP) is 0.385. The van der Waals surface area contributed by atoms with E-state index in [0.717, 1.165) is 0 Å². The van der Waals surface area contributed by atoms with Crippen LogP contribution in [0.5, 0.6) is 0 Å². The van der Waals surface area contributed by atoms with E-state index in [2.05, 4.69) is 0 Å². The Labute approximate surface area is 92.4 Å². The van der Waals surface area contributed by atoms with Crippen LogP contribution in [0, 0.1) is 39.4 Å². The molecule has 0 aromatic heterocycles. The van der Waals surface area contributed by atoms with Gasteiger partial charge < -0.3 is 9.84 Å². The van der Waals surface area contributed by atoms with Gasteiger partial charge in [0, 0.05) is 18.9 Å². The molecule has 0 aromatic carbocycles. The lowest BCUT2D eigenvalue weighted by Gasteiger charge is -2.06. The average Bonchev–Trinajstić information content (AvgIpc) is 2.31. The van der Waals surface area contributed by atoms with E-state index in [1.54, 1.807) is 24.1 Å². The number of hydrogen-bond acceptors (Lipinski definition) is 6. The summed E-state index contributed by atoms with van der Waals surface area (Å²) in [6.45, 7) is -0.0660. The first-order valence-electron chi connectivity index (χ1n) is 4.23. The Bertz CT molecular complexity index is 437. The van der Waals surface area contributed by atoms with E-state index in [4.69, 9.17) is 31.0 Å². The molecule has 0 heterocycles. The van der Waals surface area contributed by atoms with Gasteiger partial charge in [0.05, 0.1) is 6.61 Å². The largest absolute Gasteiger partial charge is 0.489 e. The van der Waals surface area contributed by atoms with Crippen molar-refractivity contribution in [2.75, 3.05) is 13.2 Å². The van der Waals surface area contributed by atoms with Gasteiger partial charge in [0.2, 0.25) is 0 Å². The first kappa shape index (κ1) is 13.4. The second-order valence-electron chi connectivity index (χ2n) is 2.47. The molecule has 0 aliphatic rings. The van der Waals surface area contributed by atoms with Crippen molar-refractivity contribution in [3.8, 4) is 18.2 Å². The molecule has 0 radical (unpaired) electrons. The second-order valence-corrected chi connectivity index (χ2v) is 2.47. The molecule has 0 spiro atoms. The summed E-state index contributed by atoms with van der Waals surface area (Å²) in [6, 6.07) is 4.73. The highest BCUT2D eigenvalue weighted by Gasteiger charge is 2.13. The summed E-state index contributed by atoms with van der Waals surface area (Å²) < 4.78 is 5.00. The van der Waals surface area contributed by atoms with Crippen LogP contribution in [0.3, 0.4) is 0 Å². The monoisotopic (exact) mass is 216 g/mol. The summed E-state index contributed by atoms with van der Waals surface area (Å²) in [4.78, 5) is 0. The maximum absolute atomic E-state index is 8.64. The molecular formula is C10H8N4O2. The van der Waals surface area contributed by atoms with Crippen molar-refractivity contribution in [1.82, 2.24) is 0 Å². The Hall–Kier alpha value is -2.58. The van der Waals surface area contributed by atoms with Crippen LogP contribution in [0.25, 0.3) is 0 Å². The van der Waals surface area contributed by atoms with Crippen LogP contribution in [-0.4, -0.2) is 24.2 Å². The van der Waals surface area contributed by atoms with E-state index in [1.165, 1.54) is 0 Å². The number of allylic oxidation sites excluding steroid dienone is 2. The maximum atomic E-state index is 8.64. The van der Waals surface area contributed by atoms with E-state index in [9.17, 15) is 0 Å². The SMILES string of the molecule is N#CC(=C=N)C(OCCCO)=C(C#N)C#N. The maximum Gasteiger partial charge on any atom is 0.174 e. The third-order valence-corrected chi connectivity index (χ3v) is 1.46. The van der Waals surface area contributed by atoms with Crippen LogP contribution >= 0.6 is 0 Å². The van der Waals surface area contributed by atoms with Crippen LogP contribution in [0.4, 0.5) is 0 Å². The molecule has 6 heteroatoms. The molecule has 0 amide bonds. The summed E-state index contributed by atoms with van der Waals surface area (Å²) in [6.07, 6.45) is 0.296. The van der Waals surface area contributed by atoms with Gasteiger partial charge in [-0.2, -0.15) is 15.8 Å². The fraction of sp³-hybridized carbons (Fsp3) is 0.300. The van der Waals surface area contributed by atoms with Gasteiger partial charge in [0.1, 0.15) is 18.2 Å². The predicted molar refractivity (Wildman–Crippen MR) is 52.8 cm³/mol. The zero-order chi connectivity index (χ0) is 12.4. The highest BCUT2D eigenvalue weighted by molar-refractivity contribution is 5.69. The minimum atomic E-state index is -0.394. The molecule has 0 fully saturated rings. The molecule has 0 atom stereocenters. The summed E-state index contributed by atoms with van der Waals surface area (Å²) in [5.74, 6) is 1.52. The highest BCUT2D eigenvalue weighted by atomic mass is 16.5. The van der Waals surface area contributed by atoms with Crippen LogP contribution in [-0.2, 0) is 4.74 Å². The third-order valence-electron chi connectivity index (χ3n) is 1.46. The van der Waals surface area contributed by atoms with E-state index in [-0.39, 0.29) is 24.5 Å². The molecule has 0 saturated heterocycles. The number of aliphatic hydroxyl groups is 1. The van der Waals surface area contributed by atoms with Crippen molar-refractivity contribution < 1.29 is 9.84 Å². The second kappa shape index (κ2) is 7.79. The highest BCUT2D eigenvalue weighted by Crippen LogP contribution is 2.13. The van der Waals surface area contributed by atoms with Gasteiger partial charge >= 0.3 is 0 Å². The van der Waals surface area contributed by atoms with E-state index in [0.29, 0.717) is 6.42 Å². The molecule has 0 aliphatic carbocycles. The van der Waals surface area contributed by atoms with Crippen LogP contribution in [0.15, 0.2) is 16.9 Å². The number of nitriles is 3. The van der Waals surface area contributed by atoms with Crippen LogP contribution in [0.1, 0.15) is 6.42 Å². The summed E-state index contributed by atoms with van der Waals surface area (Å²) in [5.41, 5.74) is -0.717. The molecule has 2 N–H and O–H groups in total. The van der Waals surface area contributed by atoms with Gasteiger partial charge in [-0.05, 0) is 0 Å². The van der Waals surface area contributed by atoms with Crippen molar-refractivity contribution in [2.45, 2.75) is 6.42 Å². The Morgan fingerprint density at radius 2 is 1.81 bits per heavy atom. The van der Waals surface area contributed by atoms with Crippen LogP contribution in [0.2, 0.25) is 0 Å². The van der Waals surface area contributed by atoms with Crippen molar-refractivity contribution >= 4 is 5.87 Å². The first-order valence-corrected chi connectivity index (χ1v) is 4.23. The molecule has 0 aliphatic heterocycles. The number of nitrogens with zero attached hydrogens (tertiary/aromatic N) is 3. The molecular weight excluding hydrogens is 208 g/mol. The van der Waals surface area contributed by atoms with Gasteiger partial charge in [-0.25, -0.2) is 0 Å². The smallest absolute Gasteiger partial charge is 0.174 e. The Kier molecular flexibility index (Phi) is 6.53. The fourth-order valence-corrected chi connectivity index (χ4v) is 0.770. The number of ether oxygens (including phenoxy) is 1. The average molecular weight is 216 g/mol. The fourth-order valence-electron chi connectivity index (χ4n) is 0.770. The molecule has 0 unspecified atom stereocenters. The zero-order valence-electron chi connectivity index (χ0n) is 8.32. The minimum Gasteiger partial charge on any atom is -0.489 e. The lowest BCUT2D eigenvalue weighted by molar-refractivity contribution is 0.182. The summed E-state index contributed by atoms with van der Waals surface area (Å²) in [7, 11) is 0. The van der Waals surface area contributed by atoms with Gasteiger partial charge in [-0.1, -0.05) is 0 Å². The zero-order valence-corrected chi connectivity index (χ0v) is 8.32.